The number of nitrogens with zero attached hydrogens (tertiary/aromatic N) is 1. The minimum Gasteiger partial charge on any atom is -0.551 e. The second-order valence-corrected chi connectivity index (χ2v) is 6.33. The van der Waals surface area contributed by atoms with Crippen molar-refractivity contribution in [3.63, 3.8) is 0 Å². The van der Waals surface area contributed by atoms with Crippen molar-refractivity contribution < 1.29 is 9.45 Å². The van der Waals surface area contributed by atoms with E-state index in [1.165, 1.54) is 0 Å². The zero-order chi connectivity index (χ0) is 19.1. The van der Waals surface area contributed by atoms with Crippen molar-refractivity contribution in [3.8, 4) is 5.75 Å². The van der Waals surface area contributed by atoms with E-state index in [2.05, 4.69) is 18.7 Å². The molecule has 0 heterocycles. The third kappa shape index (κ3) is 4.40. The van der Waals surface area contributed by atoms with Gasteiger partial charge in [-0.15, -0.1) is 0 Å². The largest absolute Gasteiger partial charge is 0.551 e. The van der Waals surface area contributed by atoms with Crippen LogP contribution in [-0.2, 0) is 0 Å². The maximum atomic E-state index is 11.6. The highest BCUT2D eigenvalue weighted by Crippen LogP contribution is 2.25. The van der Waals surface area contributed by atoms with Crippen LogP contribution in [0.3, 0.4) is 0 Å². The van der Waals surface area contributed by atoms with E-state index in [9.17, 15) is 4.79 Å². The van der Waals surface area contributed by atoms with E-state index < -0.39 is 0 Å². The van der Waals surface area contributed by atoms with Crippen molar-refractivity contribution in [2.75, 3.05) is 18.0 Å². The number of anilines is 1. The number of hydrogen-bond acceptors (Lipinski definition) is 3. The SMILES string of the molecule is CCN(CC)c1ccc(C=O)c(OB(c2ccccc2)c2ccccc2)c1. The molecule has 0 amide bonds. The number of carbonyl (C=O) groups excluding carboxylic acids is 1. The lowest BCUT2D eigenvalue weighted by Gasteiger charge is -2.24. The fourth-order valence-corrected chi connectivity index (χ4v) is 3.22. The number of hydrogen-bond donors (Lipinski definition) is 0. The van der Waals surface area contributed by atoms with Crippen molar-refractivity contribution in [1.29, 1.82) is 0 Å². The number of carbonyl (C=O) groups is 1. The van der Waals surface area contributed by atoms with Gasteiger partial charge in [-0.1, -0.05) is 60.7 Å². The van der Waals surface area contributed by atoms with E-state index in [1.807, 2.05) is 78.9 Å². The molecule has 0 aliphatic carbocycles. The summed E-state index contributed by atoms with van der Waals surface area (Å²) in [7, 11) is 0. The lowest BCUT2D eigenvalue weighted by Crippen LogP contribution is -2.47. The first kappa shape index (κ1) is 18.8. The van der Waals surface area contributed by atoms with E-state index in [-0.39, 0.29) is 6.92 Å². The molecule has 0 saturated heterocycles. The molecule has 0 aliphatic rings. The summed E-state index contributed by atoms with van der Waals surface area (Å²) in [6.45, 7) is 5.76. The van der Waals surface area contributed by atoms with Gasteiger partial charge >= 0.3 is 6.92 Å². The van der Waals surface area contributed by atoms with Gasteiger partial charge in [0, 0.05) is 24.8 Å². The fraction of sp³-hybridized carbons (Fsp3) is 0.174. The highest BCUT2D eigenvalue weighted by Gasteiger charge is 2.24. The number of benzene rings is 3. The van der Waals surface area contributed by atoms with Crippen LogP contribution in [0.4, 0.5) is 5.69 Å². The Kier molecular flexibility index (Phi) is 6.32. The molecule has 0 radical (unpaired) electrons. The van der Waals surface area contributed by atoms with Gasteiger partial charge in [0.2, 0.25) is 0 Å². The molecule has 0 aliphatic heterocycles. The minimum atomic E-state index is -0.280. The van der Waals surface area contributed by atoms with Gasteiger partial charge in [-0.05, 0) is 36.9 Å². The molecular weight excluding hydrogens is 333 g/mol. The first-order valence-corrected chi connectivity index (χ1v) is 9.37. The molecular formula is C23H24BNO2. The first-order valence-electron chi connectivity index (χ1n) is 9.37. The molecule has 0 spiro atoms. The highest BCUT2D eigenvalue weighted by atomic mass is 16.4. The van der Waals surface area contributed by atoms with Crippen molar-refractivity contribution in [2.45, 2.75) is 13.8 Å². The van der Waals surface area contributed by atoms with E-state index in [1.54, 1.807) is 0 Å². The van der Waals surface area contributed by atoms with Crippen LogP contribution >= 0.6 is 0 Å². The zero-order valence-electron chi connectivity index (χ0n) is 15.8. The Morgan fingerprint density at radius 1 is 0.852 bits per heavy atom. The molecule has 3 nitrogen and oxygen atoms in total. The quantitative estimate of drug-likeness (QED) is 0.456. The third-order valence-electron chi connectivity index (χ3n) is 4.70. The first-order chi connectivity index (χ1) is 13.3. The van der Waals surface area contributed by atoms with Gasteiger partial charge in [-0.2, -0.15) is 0 Å². The Bertz CT molecular complexity index is 825. The van der Waals surface area contributed by atoms with Crippen LogP contribution in [-0.4, -0.2) is 26.3 Å². The lowest BCUT2D eigenvalue weighted by molar-refractivity contribution is 0.112. The Morgan fingerprint density at radius 3 is 1.89 bits per heavy atom. The topological polar surface area (TPSA) is 29.5 Å². The van der Waals surface area contributed by atoms with Crippen LogP contribution in [0.5, 0.6) is 5.75 Å². The van der Waals surface area contributed by atoms with E-state index in [0.29, 0.717) is 11.3 Å². The molecule has 136 valence electrons. The van der Waals surface area contributed by atoms with Crippen molar-refractivity contribution in [1.82, 2.24) is 0 Å². The summed E-state index contributed by atoms with van der Waals surface area (Å²) in [4.78, 5) is 13.8. The molecule has 0 atom stereocenters. The van der Waals surface area contributed by atoms with Crippen molar-refractivity contribution in [2.24, 2.45) is 0 Å². The van der Waals surface area contributed by atoms with Crippen molar-refractivity contribution in [3.05, 3.63) is 84.4 Å². The van der Waals surface area contributed by atoms with Crippen molar-refractivity contribution >= 4 is 29.8 Å². The van der Waals surface area contributed by atoms with Crippen LogP contribution in [0.1, 0.15) is 24.2 Å². The standard InChI is InChI=1S/C23H24BNO2/c1-3-25(4-2)22-16-15-19(18-26)23(17-22)27-24(20-11-7-5-8-12-20)21-13-9-6-10-14-21/h5-18H,3-4H2,1-2H3. The van der Waals surface area contributed by atoms with Gasteiger partial charge < -0.3 is 9.55 Å². The van der Waals surface area contributed by atoms with Crippen LogP contribution in [0.2, 0.25) is 0 Å². The molecule has 3 rings (SSSR count). The monoisotopic (exact) mass is 357 g/mol. The smallest absolute Gasteiger partial charge is 0.426 e. The maximum absolute atomic E-state index is 11.6. The highest BCUT2D eigenvalue weighted by molar-refractivity contribution is 6.80. The predicted octanol–water partition coefficient (Wildman–Crippen LogP) is 3.53. The average molecular weight is 357 g/mol. The van der Waals surface area contributed by atoms with Gasteiger partial charge in [0.15, 0.2) is 6.29 Å². The summed E-state index contributed by atoms with van der Waals surface area (Å²) in [5, 5.41) is 0. The van der Waals surface area contributed by atoms with E-state index >= 15 is 0 Å². The summed E-state index contributed by atoms with van der Waals surface area (Å²) in [6, 6.07) is 26.0. The normalized spacial score (nSPS) is 10.3. The predicted molar refractivity (Wildman–Crippen MR) is 114 cm³/mol. The van der Waals surface area contributed by atoms with Crippen LogP contribution in [0, 0.1) is 0 Å². The molecule has 3 aromatic carbocycles. The molecule has 3 aromatic rings. The van der Waals surface area contributed by atoms with Crippen LogP contribution in [0.25, 0.3) is 0 Å². The minimum absolute atomic E-state index is 0.280. The van der Waals surface area contributed by atoms with Crippen LogP contribution in [0.15, 0.2) is 78.9 Å². The van der Waals surface area contributed by atoms with Gasteiger partial charge in [-0.3, -0.25) is 4.79 Å². The second kappa shape index (κ2) is 9.08. The maximum Gasteiger partial charge on any atom is 0.426 e. The van der Waals surface area contributed by atoms with Gasteiger partial charge in [-0.25, -0.2) is 0 Å². The third-order valence-corrected chi connectivity index (χ3v) is 4.70. The molecule has 0 N–H and O–H groups in total. The average Bonchev–Trinajstić information content (AvgIpc) is 2.74. The number of rotatable bonds is 8. The van der Waals surface area contributed by atoms with Gasteiger partial charge in [0.25, 0.3) is 0 Å². The van der Waals surface area contributed by atoms with E-state index in [0.717, 1.165) is 36.0 Å². The summed E-state index contributed by atoms with van der Waals surface area (Å²) < 4.78 is 6.43. The summed E-state index contributed by atoms with van der Waals surface area (Å²) in [6.07, 6.45) is 0.856. The molecule has 0 aromatic heterocycles. The van der Waals surface area contributed by atoms with E-state index in [4.69, 9.17) is 4.65 Å². The molecule has 4 heteroatoms. The van der Waals surface area contributed by atoms with Gasteiger partial charge in [0.1, 0.15) is 5.75 Å². The number of aldehydes is 1. The molecule has 27 heavy (non-hydrogen) atoms. The molecule has 0 fully saturated rings. The molecule has 0 saturated carbocycles. The lowest BCUT2D eigenvalue weighted by atomic mass is 9.55. The second-order valence-electron chi connectivity index (χ2n) is 6.33. The Labute approximate surface area is 161 Å². The van der Waals surface area contributed by atoms with Gasteiger partial charge in [0.05, 0.1) is 5.56 Å². The molecule has 0 bridgehead atoms. The molecule has 0 unspecified atom stereocenters. The Morgan fingerprint density at radius 2 is 1.41 bits per heavy atom. The Hall–Kier alpha value is -3.01. The summed E-state index contributed by atoms with van der Waals surface area (Å²) in [5.41, 5.74) is 3.71. The van der Waals surface area contributed by atoms with Crippen LogP contribution < -0.4 is 20.5 Å². The Balaban J connectivity index is 2.03. The summed E-state index contributed by atoms with van der Waals surface area (Å²) >= 11 is 0. The zero-order valence-corrected chi connectivity index (χ0v) is 15.8. The summed E-state index contributed by atoms with van der Waals surface area (Å²) in [5.74, 6) is 0.604. The fourth-order valence-electron chi connectivity index (χ4n) is 3.22.